The van der Waals surface area contributed by atoms with E-state index in [1.54, 1.807) is 13.0 Å². The summed E-state index contributed by atoms with van der Waals surface area (Å²) in [5, 5.41) is 4.46. The third kappa shape index (κ3) is 3.63. The van der Waals surface area contributed by atoms with Crippen LogP contribution in [0.15, 0.2) is 42.5 Å². The van der Waals surface area contributed by atoms with Crippen molar-refractivity contribution >= 4 is 40.4 Å². The van der Waals surface area contributed by atoms with Crippen molar-refractivity contribution in [3.8, 4) is 16.3 Å². The molecule has 0 saturated carbocycles. The van der Waals surface area contributed by atoms with Crippen molar-refractivity contribution in [2.45, 2.75) is 13.3 Å². The van der Waals surface area contributed by atoms with Gasteiger partial charge < -0.3 is 14.8 Å². The topological polar surface area (TPSA) is 60.5 Å². The predicted molar refractivity (Wildman–Crippen MR) is 107 cm³/mol. The molecule has 2 heterocycles. The van der Waals surface area contributed by atoms with E-state index in [0.29, 0.717) is 34.6 Å². The third-order valence-corrected chi connectivity index (χ3v) is 5.57. The minimum absolute atomic E-state index is 0.299. The van der Waals surface area contributed by atoms with Crippen LogP contribution in [0.25, 0.3) is 10.6 Å². The quantitative estimate of drug-likeness (QED) is 0.587. The molecular formula is C20H17ClN2O3S. The number of carbonyl (C=O) groups is 1. The number of thiazole rings is 1. The van der Waals surface area contributed by atoms with E-state index in [1.165, 1.54) is 11.3 Å². The van der Waals surface area contributed by atoms with Gasteiger partial charge in [-0.2, -0.15) is 0 Å². The molecule has 0 aliphatic carbocycles. The van der Waals surface area contributed by atoms with Gasteiger partial charge >= 0.3 is 5.97 Å². The van der Waals surface area contributed by atoms with Gasteiger partial charge in [0.05, 0.1) is 23.9 Å². The zero-order chi connectivity index (χ0) is 18.8. The highest BCUT2D eigenvalue weighted by molar-refractivity contribution is 7.17. The normalized spacial score (nSPS) is 12.4. The lowest BCUT2D eigenvalue weighted by Gasteiger charge is -2.07. The Morgan fingerprint density at radius 3 is 3.00 bits per heavy atom. The second kappa shape index (κ2) is 7.58. The van der Waals surface area contributed by atoms with E-state index in [-0.39, 0.29) is 0 Å². The van der Waals surface area contributed by atoms with E-state index in [4.69, 9.17) is 21.1 Å². The number of hydrogen-bond donors (Lipinski definition) is 1. The zero-order valence-corrected chi connectivity index (χ0v) is 16.2. The number of para-hydroxylation sites is 1. The number of anilines is 2. The average Bonchev–Trinajstić information content (AvgIpc) is 3.30. The molecule has 0 fully saturated rings. The lowest BCUT2D eigenvalue weighted by molar-refractivity contribution is 0.0533. The lowest BCUT2D eigenvalue weighted by Crippen LogP contribution is -2.05. The summed E-state index contributed by atoms with van der Waals surface area (Å²) in [7, 11) is 0. The molecule has 0 atom stereocenters. The van der Waals surface area contributed by atoms with Crippen LogP contribution < -0.4 is 10.1 Å². The molecule has 0 bridgehead atoms. The first-order valence-electron chi connectivity index (χ1n) is 8.61. The molecule has 5 nitrogen and oxygen atoms in total. The molecule has 27 heavy (non-hydrogen) atoms. The van der Waals surface area contributed by atoms with E-state index in [9.17, 15) is 4.79 Å². The van der Waals surface area contributed by atoms with Crippen LogP contribution in [0.2, 0.25) is 5.02 Å². The molecule has 3 aromatic rings. The van der Waals surface area contributed by atoms with Crippen molar-refractivity contribution in [3.63, 3.8) is 0 Å². The number of rotatable bonds is 5. The van der Waals surface area contributed by atoms with E-state index >= 15 is 0 Å². The molecule has 138 valence electrons. The Morgan fingerprint density at radius 2 is 2.19 bits per heavy atom. The van der Waals surface area contributed by atoms with Crippen LogP contribution in [0.4, 0.5) is 11.5 Å². The summed E-state index contributed by atoms with van der Waals surface area (Å²) in [4.78, 5) is 17.5. The number of nitrogens with zero attached hydrogens (tertiary/aromatic N) is 1. The van der Waals surface area contributed by atoms with Crippen LogP contribution in [-0.2, 0) is 11.2 Å². The van der Waals surface area contributed by atoms with Gasteiger partial charge in [-0.05, 0) is 42.8 Å². The molecular weight excluding hydrogens is 384 g/mol. The van der Waals surface area contributed by atoms with Gasteiger partial charge in [-0.25, -0.2) is 9.78 Å². The maximum absolute atomic E-state index is 12.4. The Morgan fingerprint density at radius 1 is 1.33 bits per heavy atom. The number of benzene rings is 2. The average molecular weight is 401 g/mol. The minimum Gasteiger partial charge on any atom is -0.493 e. The van der Waals surface area contributed by atoms with Crippen LogP contribution >= 0.6 is 22.9 Å². The highest BCUT2D eigenvalue weighted by atomic mass is 35.5. The van der Waals surface area contributed by atoms with Gasteiger partial charge in [0.15, 0.2) is 10.7 Å². The van der Waals surface area contributed by atoms with Crippen molar-refractivity contribution in [1.29, 1.82) is 0 Å². The highest BCUT2D eigenvalue weighted by Crippen LogP contribution is 2.37. The van der Waals surface area contributed by atoms with Crippen LogP contribution in [-0.4, -0.2) is 24.2 Å². The monoisotopic (exact) mass is 400 g/mol. The number of aromatic nitrogens is 1. The lowest BCUT2D eigenvalue weighted by atomic mass is 10.1. The molecule has 0 radical (unpaired) electrons. The van der Waals surface area contributed by atoms with E-state index in [2.05, 4.69) is 16.4 Å². The number of fused-ring (bicyclic) bond motifs is 1. The molecule has 2 aromatic carbocycles. The minimum atomic E-state index is -0.403. The van der Waals surface area contributed by atoms with Gasteiger partial charge in [0, 0.05) is 12.0 Å². The molecule has 1 aliphatic rings. The highest BCUT2D eigenvalue weighted by Gasteiger charge is 2.22. The van der Waals surface area contributed by atoms with Gasteiger partial charge in [0.2, 0.25) is 0 Å². The first-order valence-corrected chi connectivity index (χ1v) is 9.80. The zero-order valence-electron chi connectivity index (χ0n) is 14.6. The molecule has 0 amide bonds. The molecule has 0 spiro atoms. The molecule has 1 aliphatic heterocycles. The first kappa shape index (κ1) is 17.8. The predicted octanol–water partition coefficient (Wildman–Crippen LogP) is 5.32. The fourth-order valence-electron chi connectivity index (χ4n) is 2.87. The SMILES string of the molecule is CCOC(=O)c1sc(-c2ccc3c(c2)CCO3)nc1Nc1ccccc1Cl. The molecule has 4 rings (SSSR count). The van der Waals surface area contributed by atoms with Crippen molar-refractivity contribution in [2.24, 2.45) is 0 Å². The van der Waals surface area contributed by atoms with Crippen molar-refractivity contribution in [3.05, 3.63) is 57.9 Å². The molecule has 7 heteroatoms. The second-order valence-corrected chi connectivity index (χ2v) is 7.35. The Balaban J connectivity index is 1.73. The van der Waals surface area contributed by atoms with E-state index in [1.807, 2.05) is 30.3 Å². The van der Waals surface area contributed by atoms with Gasteiger partial charge in [0.25, 0.3) is 0 Å². The van der Waals surface area contributed by atoms with Crippen LogP contribution in [0.3, 0.4) is 0 Å². The fourth-order valence-corrected chi connectivity index (χ4v) is 3.97. The Kier molecular flexibility index (Phi) is 5.01. The summed E-state index contributed by atoms with van der Waals surface area (Å²) in [5.74, 6) is 0.953. The molecule has 1 aromatic heterocycles. The van der Waals surface area contributed by atoms with Crippen LogP contribution in [0, 0.1) is 0 Å². The van der Waals surface area contributed by atoms with Gasteiger partial charge in [-0.1, -0.05) is 23.7 Å². The fraction of sp³-hybridized carbons (Fsp3) is 0.200. The largest absolute Gasteiger partial charge is 0.493 e. The van der Waals surface area contributed by atoms with Gasteiger partial charge in [-0.15, -0.1) is 11.3 Å². The number of esters is 1. The third-order valence-electron chi connectivity index (χ3n) is 4.15. The summed E-state index contributed by atoms with van der Waals surface area (Å²) in [6, 6.07) is 13.3. The Bertz CT molecular complexity index is 1000. The van der Waals surface area contributed by atoms with Crippen LogP contribution in [0.5, 0.6) is 5.75 Å². The summed E-state index contributed by atoms with van der Waals surface area (Å²) >= 11 is 7.54. The molecule has 1 N–H and O–H groups in total. The smallest absolute Gasteiger partial charge is 0.352 e. The summed E-state index contributed by atoms with van der Waals surface area (Å²) in [5.41, 5.74) is 2.78. The van der Waals surface area contributed by atoms with Gasteiger partial charge in [-0.3, -0.25) is 0 Å². The summed E-state index contributed by atoms with van der Waals surface area (Å²) in [6.45, 7) is 2.78. The first-order chi connectivity index (χ1) is 13.2. The maximum atomic E-state index is 12.4. The Labute approximate surface area is 165 Å². The number of carbonyl (C=O) groups excluding carboxylic acids is 1. The standard InChI is InChI=1S/C20H17ClN2O3S/c1-2-25-20(24)17-18(22-15-6-4-3-5-14(15)21)23-19(27-17)13-7-8-16-12(11-13)9-10-26-16/h3-8,11,22H,2,9-10H2,1H3. The van der Waals surface area contributed by atoms with Crippen molar-refractivity contribution in [1.82, 2.24) is 4.98 Å². The van der Waals surface area contributed by atoms with E-state index < -0.39 is 5.97 Å². The molecule has 0 saturated heterocycles. The second-order valence-electron chi connectivity index (χ2n) is 5.94. The van der Waals surface area contributed by atoms with Crippen molar-refractivity contribution < 1.29 is 14.3 Å². The van der Waals surface area contributed by atoms with Crippen LogP contribution in [0.1, 0.15) is 22.2 Å². The maximum Gasteiger partial charge on any atom is 0.352 e. The Hall–Kier alpha value is -2.57. The van der Waals surface area contributed by atoms with Gasteiger partial charge in [0.1, 0.15) is 10.8 Å². The number of hydrogen-bond acceptors (Lipinski definition) is 6. The number of halogens is 1. The number of nitrogens with one attached hydrogen (secondary N) is 1. The van der Waals surface area contributed by atoms with E-state index in [0.717, 1.165) is 28.3 Å². The summed E-state index contributed by atoms with van der Waals surface area (Å²) < 4.78 is 10.8. The van der Waals surface area contributed by atoms with Crippen molar-refractivity contribution in [2.75, 3.05) is 18.5 Å². The summed E-state index contributed by atoms with van der Waals surface area (Å²) in [6.07, 6.45) is 0.879. The number of ether oxygens (including phenoxy) is 2. The molecule has 0 unspecified atom stereocenters.